The largest absolute Gasteiger partial charge is 0.508 e. The predicted octanol–water partition coefficient (Wildman–Crippen LogP) is 4.56. The second-order valence-corrected chi connectivity index (χ2v) is 6.77. The number of hydrogen-bond acceptors (Lipinski definition) is 4. The van der Waals surface area contributed by atoms with E-state index < -0.39 is 0 Å². The molecule has 5 heteroatoms. The summed E-state index contributed by atoms with van der Waals surface area (Å²) in [5.41, 5.74) is 0.185. The monoisotopic (exact) mass is 347 g/mol. The number of aromatic hydroxyl groups is 2. The van der Waals surface area contributed by atoms with Gasteiger partial charge in [0, 0.05) is 18.0 Å². The molecule has 1 aromatic heterocycles. The number of fused-ring (bicyclic) bond motifs is 1. The quantitative estimate of drug-likeness (QED) is 0.652. The van der Waals surface area contributed by atoms with E-state index in [4.69, 9.17) is 4.74 Å². The average molecular weight is 347 g/mol. The van der Waals surface area contributed by atoms with Crippen LogP contribution in [0.25, 0.3) is 10.9 Å². The van der Waals surface area contributed by atoms with Gasteiger partial charge in [0.25, 0.3) is 5.56 Å². The van der Waals surface area contributed by atoms with Crippen molar-refractivity contribution in [2.75, 3.05) is 0 Å². The number of pyridine rings is 1. The molecule has 0 bridgehead atoms. The molecule has 0 amide bonds. The van der Waals surface area contributed by atoms with Crippen LogP contribution in [0.5, 0.6) is 17.2 Å². The highest BCUT2D eigenvalue weighted by atomic mass is 16.5. The third-order valence-electron chi connectivity index (χ3n) is 4.27. The van der Waals surface area contributed by atoms with E-state index in [0.717, 1.165) is 19.3 Å². The maximum absolute atomic E-state index is 12.8. The van der Waals surface area contributed by atoms with Gasteiger partial charge in [-0.2, -0.15) is 0 Å². The highest BCUT2D eigenvalue weighted by Crippen LogP contribution is 2.33. The van der Waals surface area contributed by atoms with E-state index in [0.29, 0.717) is 17.4 Å². The molecule has 0 fully saturated rings. The minimum atomic E-state index is -0.349. The zero-order chi connectivity index (χ0) is 18.4. The van der Waals surface area contributed by atoms with E-state index >= 15 is 0 Å². The first-order chi connectivity index (χ1) is 12.0. The number of hydrogen-bond donors (Lipinski definition) is 2. The normalized spacial score (nSPS) is 11.4. The van der Waals surface area contributed by atoms with Crippen molar-refractivity contribution in [2.45, 2.75) is 71.9 Å². The van der Waals surface area contributed by atoms with E-state index in [1.165, 1.54) is 31.4 Å². The number of nitrogens with zero attached hydrogens (tertiary/aromatic N) is 1. The first-order valence-corrected chi connectivity index (χ1v) is 9.20. The summed E-state index contributed by atoms with van der Waals surface area (Å²) in [4.78, 5) is 12.8. The van der Waals surface area contributed by atoms with Gasteiger partial charge in [0.15, 0.2) is 5.75 Å². The lowest BCUT2D eigenvalue weighted by atomic mass is 10.1. The van der Waals surface area contributed by atoms with Gasteiger partial charge in [0.05, 0.1) is 11.6 Å². The van der Waals surface area contributed by atoms with Crippen molar-refractivity contribution >= 4 is 10.9 Å². The third kappa shape index (κ3) is 4.68. The van der Waals surface area contributed by atoms with Crippen molar-refractivity contribution in [1.29, 1.82) is 0 Å². The molecule has 0 aliphatic heterocycles. The number of phenols is 1. The number of aryl methyl sites for hydroxylation is 1. The molecule has 0 saturated heterocycles. The molecular formula is C20H29NO4. The van der Waals surface area contributed by atoms with Gasteiger partial charge in [-0.05, 0) is 32.4 Å². The van der Waals surface area contributed by atoms with Crippen molar-refractivity contribution in [2.24, 2.45) is 0 Å². The lowest BCUT2D eigenvalue weighted by Crippen LogP contribution is -2.24. The van der Waals surface area contributed by atoms with Crippen molar-refractivity contribution in [3.05, 3.63) is 28.6 Å². The molecule has 138 valence electrons. The topological polar surface area (TPSA) is 71.7 Å². The van der Waals surface area contributed by atoms with Crippen LogP contribution in [0.2, 0.25) is 0 Å². The fourth-order valence-electron chi connectivity index (χ4n) is 3.01. The van der Waals surface area contributed by atoms with Crippen molar-refractivity contribution < 1.29 is 14.9 Å². The Hall–Kier alpha value is -2.17. The summed E-state index contributed by atoms with van der Waals surface area (Å²) in [5.74, 6) is -0.104. The highest BCUT2D eigenvalue weighted by Gasteiger charge is 2.18. The molecule has 2 aromatic rings. The molecule has 0 aliphatic carbocycles. The summed E-state index contributed by atoms with van der Waals surface area (Å²) in [6, 6.07) is 4.64. The molecule has 1 heterocycles. The SMILES string of the molecule is CCCCCCCCn1c(=O)c(OC(C)C)c(O)c2ccc(O)cc21. The van der Waals surface area contributed by atoms with E-state index in [9.17, 15) is 15.0 Å². The number of aromatic nitrogens is 1. The Balaban J connectivity index is 2.35. The Bertz CT molecular complexity index is 764. The van der Waals surface area contributed by atoms with Gasteiger partial charge in [0.1, 0.15) is 5.75 Å². The van der Waals surface area contributed by atoms with E-state index in [2.05, 4.69) is 6.92 Å². The van der Waals surface area contributed by atoms with E-state index in [1.54, 1.807) is 10.6 Å². The zero-order valence-corrected chi connectivity index (χ0v) is 15.4. The van der Waals surface area contributed by atoms with Crippen LogP contribution in [0.1, 0.15) is 59.3 Å². The summed E-state index contributed by atoms with van der Waals surface area (Å²) >= 11 is 0. The molecule has 0 spiro atoms. The van der Waals surface area contributed by atoms with Crippen LogP contribution in [-0.4, -0.2) is 20.9 Å². The minimum Gasteiger partial charge on any atom is -0.508 e. The van der Waals surface area contributed by atoms with Crippen LogP contribution in [0.3, 0.4) is 0 Å². The van der Waals surface area contributed by atoms with Crippen LogP contribution in [0.4, 0.5) is 0 Å². The molecule has 0 aliphatic rings. The van der Waals surface area contributed by atoms with Crippen LogP contribution < -0.4 is 10.3 Å². The Kier molecular flexibility index (Phi) is 6.73. The summed E-state index contributed by atoms with van der Waals surface area (Å²) in [6.07, 6.45) is 6.52. The van der Waals surface area contributed by atoms with Crippen molar-refractivity contribution in [3.63, 3.8) is 0 Å². The molecule has 0 unspecified atom stereocenters. The number of unbranched alkanes of at least 4 members (excludes halogenated alkanes) is 5. The van der Waals surface area contributed by atoms with Gasteiger partial charge in [-0.1, -0.05) is 39.0 Å². The Morgan fingerprint density at radius 2 is 1.76 bits per heavy atom. The van der Waals surface area contributed by atoms with Gasteiger partial charge in [0.2, 0.25) is 5.75 Å². The number of benzene rings is 1. The summed E-state index contributed by atoms with van der Waals surface area (Å²) < 4.78 is 7.17. The molecule has 1 aromatic carbocycles. The molecular weight excluding hydrogens is 318 g/mol. The number of ether oxygens (including phenoxy) is 1. The molecule has 2 N–H and O–H groups in total. The predicted molar refractivity (Wildman–Crippen MR) is 101 cm³/mol. The van der Waals surface area contributed by atoms with Crippen LogP contribution in [-0.2, 0) is 6.54 Å². The Morgan fingerprint density at radius 1 is 1.08 bits per heavy atom. The van der Waals surface area contributed by atoms with Gasteiger partial charge < -0.3 is 19.5 Å². The third-order valence-corrected chi connectivity index (χ3v) is 4.27. The molecule has 5 nitrogen and oxygen atoms in total. The van der Waals surface area contributed by atoms with E-state index in [-0.39, 0.29) is 28.9 Å². The maximum Gasteiger partial charge on any atom is 0.297 e. The first-order valence-electron chi connectivity index (χ1n) is 9.20. The zero-order valence-electron chi connectivity index (χ0n) is 15.4. The van der Waals surface area contributed by atoms with E-state index in [1.807, 2.05) is 13.8 Å². The Morgan fingerprint density at radius 3 is 2.44 bits per heavy atom. The van der Waals surface area contributed by atoms with Gasteiger partial charge in [-0.25, -0.2) is 0 Å². The van der Waals surface area contributed by atoms with Crippen LogP contribution in [0.15, 0.2) is 23.0 Å². The second-order valence-electron chi connectivity index (χ2n) is 6.77. The fraction of sp³-hybridized carbons (Fsp3) is 0.550. The summed E-state index contributed by atoms with van der Waals surface area (Å²) in [5, 5.41) is 20.7. The number of rotatable bonds is 9. The molecule has 25 heavy (non-hydrogen) atoms. The molecule has 0 atom stereocenters. The lowest BCUT2D eigenvalue weighted by molar-refractivity contribution is 0.227. The molecule has 0 radical (unpaired) electrons. The fourth-order valence-corrected chi connectivity index (χ4v) is 3.01. The molecule has 2 rings (SSSR count). The van der Waals surface area contributed by atoms with Crippen LogP contribution in [0, 0.1) is 0 Å². The van der Waals surface area contributed by atoms with Gasteiger partial charge in [-0.3, -0.25) is 4.79 Å². The number of phenolic OH excluding ortho intramolecular Hbond substituents is 1. The summed E-state index contributed by atoms with van der Waals surface area (Å²) in [6.45, 7) is 6.36. The minimum absolute atomic E-state index is 0.0147. The van der Waals surface area contributed by atoms with Crippen molar-refractivity contribution in [3.8, 4) is 17.2 Å². The smallest absolute Gasteiger partial charge is 0.297 e. The Labute approximate surface area is 148 Å². The maximum atomic E-state index is 12.8. The second kappa shape index (κ2) is 8.79. The molecule has 0 saturated carbocycles. The summed E-state index contributed by atoms with van der Waals surface area (Å²) in [7, 11) is 0. The van der Waals surface area contributed by atoms with Crippen molar-refractivity contribution in [1.82, 2.24) is 4.57 Å². The average Bonchev–Trinajstić information content (AvgIpc) is 2.57. The standard InChI is InChI=1S/C20H29NO4/c1-4-5-6-7-8-9-12-21-17-13-15(22)10-11-16(17)18(23)19(20(21)24)25-14(2)3/h10-11,13-14,22-23H,4-9,12H2,1-3H3. The lowest BCUT2D eigenvalue weighted by Gasteiger charge is -2.17. The van der Waals surface area contributed by atoms with Gasteiger partial charge >= 0.3 is 0 Å². The highest BCUT2D eigenvalue weighted by molar-refractivity contribution is 5.88. The first kappa shape index (κ1) is 19.2. The van der Waals surface area contributed by atoms with Crippen LogP contribution >= 0.6 is 0 Å². The van der Waals surface area contributed by atoms with Gasteiger partial charge in [-0.15, -0.1) is 0 Å².